The first-order valence-corrected chi connectivity index (χ1v) is 7.40. The van der Waals surface area contributed by atoms with Gasteiger partial charge < -0.3 is 10.6 Å². The van der Waals surface area contributed by atoms with E-state index in [0.29, 0.717) is 6.54 Å². The molecule has 21 heavy (non-hydrogen) atoms. The van der Waals surface area contributed by atoms with Gasteiger partial charge in [0, 0.05) is 18.5 Å². The van der Waals surface area contributed by atoms with Gasteiger partial charge in [-0.25, -0.2) is 0 Å². The zero-order valence-electron chi connectivity index (χ0n) is 13.3. The standard InChI is InChI=1S/C17H26N2O.ClH/c1-16(2,11-14-7-5-4-6-8-14)15(20)19-10-9-17(3,12-18)13-19;/h4-8H,9-13,18H2,1-3H3;1H. The number of hydrogen-bond acceptors (Lipinski definition) is 2. The van der Waals surface area contributed by atoms with E-state index in [2.05, 4.69) is 19.1 Å². The predicted octanol–water partition coefficient (Wildman–Crippen LogP) is 2.87. The molecule has 0 aliphatic carbocycles. The molecule has 1 aliphatic heterocycles. The number of carbonyl (C=O) groups excluding carboxylic acids is 1. The van der Waals surface area contributed by atoms with Crippen molar-refractivity contribution in [1.82, 2.24) is 4.90 Å². The number of carbonyl (C=O) groups is 1. The fraction of sp³-hybridized carbons (Fsp3) is 0.588. The number of rotatable bonds is 4. The Hall–Kier alpha value is -1.06. The van der Waals surface area contributed by atoms with Crippen LogP contribution in [0.1, 0.15) is 32.8 Å². The normalized spacial score (nSPS) is 22.0. The molecule has 1 aliphatic rings. The molecule has 4 heteroatoms. The first kappa shape index (κ1) is 18.0. The Kier molecular flexibility index (Phi) is 5.83. The van der Waals surface area contributed by atoms with E-state index in [0.717, 1.165) is 25.9 Å². The van der Waals surface area contributed by atoms with Crippen LogP contribution >= 0.6 is 12.4 Å². The highest BCUT2D eigenvalue weighted by Crippen LogP contribution is 2.33. The van der Waals surface area contributed by atoms with Crippen molar-refractivity contribution < 1.29 is 4.79 Å². The van der Waals surface area contributed by atoms with Crippen LogP contribution in [0.2, 0.25) is 0 Å². The zero-order chi connectivity index (χ0) is 14.8. The molecular weight excluding hydrogens is 284 g/mol. The van der Waals surface area contributed by atoms with E-state index in [1.165, 1.54) is 5.56 Å². The summed E-state index contributed by atoms with van der Waals surface area (Å²) in [6.45, 7) is 8.53. The van der Waals surface area contributed by atoms with Gasteiger partial charge in [-0.3, -0.25) is 4.79 Å². The molecule has 0 saturated carbocycles. The van der Waals surface area contributed by atoms with E-state index >= 15 is 0 Å². The zero-order valence-corrected chi connectivity index (χ0v) is 14.1. The van der Waals surface area contributed by atoms with Crippen LogP contribution in [0.15, 0.2) is 30.3 Å². The molecule has 1 fully saturated rings. The third-order valence-corrected chi connectivity index (χ3v) is 4.41. The number of likely N-dealkylation sites (tertiary alicyclic amines) is 1. The summed E-state index contributed by atoms with van der Waals surface area (Å²) in [7, 11) is 0. The lowest BCUT2D eigenvalue weighted by Crippen LogP contribution is -2.42. The maximum atomic E-state index is 12.8. The van der Waals surface area contributed by atoms with Crippen molar-refractivity contribution in [3.63, 3.8) is 0 Å². The smallest absolute Gasteiger partial charge is 0.228 e. The number of hydrogen-bond donors (Lipinski definition) is 1. The van der Waals surface area contributed by atoms with Crippen LogP contribution in [0.4, 0.5) is 0 Å². The molecule has 0 radical (unpaired) electrons. The second-order valence-electron chi connectivity index (χ2n) is 7.04. The van der Waals surface area contributed by atoms with Gasteiger partial charge in [-0.15, -0.1) is 12.4 Å². The molecule has 0 spiro atoms. The lowest BCUT2D eigenvalue weighted by atomic mass is 9.84. The Morgan fingerprint density at radius 2 is 1.95 bits per heavy atom. The van der Waals surface area contributed by atoms with Gasteiger partial charge >= 0.3 is 0 Å². The minimum absolute atomic E-state index is 0. The lowest BCUT2D eigenvalue weighted by Gasteiger charge is -2.30. The van der Waals surface area contributed by atoms with Crippen LogP contribution in [0.3, 0.4) is 0 Å². The van der Waals surface area contributed by atoms with Crippen molar-refractivity contribution in [2.45, 2.75) is 33.6 Å². The second kappa shape index (κ2) is 6.80. The number of benzene rings is 1. The summed E-state index contributed by atoms with van der Waals surface area (Å²) in [5.41, 5.74) is 6.78. The molecule has 1 atom stereocenters. The van der Waals surface area contributed by atoms with Gasteiger partial charge in [-0.1, -0.05) is 51.1 Å². The topological polar surface area (TPSA) is 46.3 Å². The van der Waals surface area contributed by atoms with E-state index < -0.39 is 0 Å². The third kappa shape index (κ3) is 4.21. The molecule has 1 amide bonds. The fourth-order valence-corrected chi connectivity index (χ4v) is 2.97. The average Bonchev–Trinajstić information content (AvgIpc) is 2.82. The Morgan fingerprint density at radius 1 is 1.33 bits per heavy atom. The molecule has 118 valence electrons. The molecule has 1 saturated heterocycles. The van der Waals surface area contributed by atoms with Crippen LogP contribution in [0, 0.1) is 10.8 Å². The molecule has 3 nitrogen and oxygen atoms in total. The summed E-state index contributed by atoms with van der Waals surface area (Å²) in [4.78, 5) is 14.8. The number of nitrogens with two attached hydrogens (primary N) is 1. The third-order valence-electron chi connectivity index (χ3n) is 4.41. The van der Waals surface area contributed by atoms with Gasteiger partial charge in [-0.05, 0) is 30.4 Å². The minimum Gasteiger partial charge on any atom is -0.342 e. The molecule has 1 unspecified atom stereocenters. The number of nitrogens with zero attached hydrogens (tertiary/aromatic N) is 1. The van der Waals surface area contributed by atoms with Crippen molar-refractivity contribution in [1.29, 1.82) is 0 Å². The van der Waals surface area contributed by atoms with E-state index in [1.807, 2.05) is 36.9 Å². The van der Waals surface area contributed by atoms with Crippen molar-refractivity contribution >= 4 is 18.3 Å². The SMILES string of the molecule is CC1(CN)CCN(C(=O)C(C)(C)Cc2ccccc2)C1.Cl. The molecular formula is C17H27ClN2O. The summed E-state index contributed by atoms with van der Waals surface area (Å²) >= 11 is 0. The van der Waals surface area contributed by atoms with Gasteiger partial charge in [0.2, 0.25) is 5.91 Å². The van der Waals surface area contributed by atoms with E-state index in [-0.39, 0.29) is 29.1 Å². The lowest BCUT2D eigenvalue weighted by molar-refractivity contribution is -0.139. The fourth-order valence-electron chi connectivity index (χ4n) is 2.97. The quantitative estimate of drug-likeness (QED) is 0.929. The minimum atomic E-state index is -0.360. The van der Waals surface area contributed by atoms with Gasteiger partial charge in [0.05, 0.1) is 0 Å². The Bertz CT molecular complexity index is 475. The van der Waals surface area contributed by atoms with Gasteiger partial charge in [0.25, 0.3) is 0 Å². The predicted molar refractivity (Wildman–Crippen MR) is 89.5 cm³/mol. The van der Waals surface area contributed by atoms with Crippen molar-refractivity contribution in [2.24, 2.45) is 16.6 Å². The summed E-state index contributed by atoms with van der Waals surface area (Å²) in [6, 6.07) is 10.2. The van der Waals surface area contributed by atoms with Gasteiger partial charge in [-0.2, -0.15) is 0 Å². The van der Waals surface area contributed by atoms with E-state index in [4.69, 9.17) is 5.73 Å². The van der Waals surface area contributed by atoms with E-state index in [9.17, 15) is 4.79 Å². The largest absolute Gasteiger partial charge is 0.342 e. The van der Waals surface area contributed by atoms with Gasteiger partial charge in [0.15, 0.2) is 0 Å². The van der Waals surface area contributed by atoms with Crippen LogP contribution < -0.4 is 5.73 Å². The summed E-state index contributed by atoms with van der Waals surface area (Å²) in [5, 5.41) is 0. The Balaban J connectivity index is 0.00000220. The van der Waals surface area contributed by atoms with Crippen LogP contribution in [-0.4, -0.2) is 30.4 Å². The molecule has 1 heterocycles. The first-order valence-electron chi connectivity index (χ1n) is 7.40. The Labute approximate surface area is 134 Å². The molecule has 1 aromatic carbocycles. The van der Waals surface area contributed by atoms with Crippen molar-refractivity contribution in [3.05, 3.63) is 35.9 Å². The average molecular weight is 311 g/mol. The molecule has 2 rings (SSSR count). The monoisotopic (exact) mass is 310 g/mol. The summed E-state index contributed by atoms with van der Waals surface area (Å²) in [5.74, 6) is 0.249. The number of amides is 1. The summed E-state index contributed by atoms with van der Waals surface area (Å²) in [6.07, 6.45) is 1.79. The highest BCUT2D eigenvalue weighted by molar-refractivity contribution is 5.85. The summed E-state index contributed by atoms with van der Waals surface area (Å²) < 4.78 is 0. The number of halogens is 1. The highest BCUT2D eigenvalue weighted by Gasteiger charge is 2.40. The molecule has 0 aromatic heterocycles. The highest BCUT2D eigenvalue weighted by atomic mass is 35.5. The maximum Gasteiger partial charge on any atom is 0.228 e. The second-order valence-corrected chi connectivity index (χ2v) is 7.04. The van der Waals surface area contributed by atoms with Crippen LogP contribution in [0.5, 0.6) is 0 Å². The van der Waals surface area contributed by atoms with Crippen molar-refractivity contribution in [3.8, 4) is 0 Å². The van der Waals surface area contributed by atoms with Gasteiger partial charge in [0.1, 0.15) is 0 Å². The first-order chi connectivity index (χ1) is 9.36. The Morgan fingerprint density at radius 3 is 2.48 bits per heavy atom. The molecule has 0 bridgehead atoms. The van der Waals surface area contributed by atoms with Crippen LogP contribution in [-0.2, 0) is 11.2 Å². The molecule has 2 N–H and O–H groups in total. The maximum absolute atomic E-state index is 12.8. The molecule has 1 aromatic rings. The van der Waals surface area contributed by atoms with E-state index in [1.54, 1.807) is 0 Å². The van der Waals surface area contributed by atoms with Crippen LogP contribution in [0.25, 0.3) is 0 Å². The van der Waals surface area contributed by atoms with Crippen molar-refractivity contribution in [2.75, 3.05) is 19.6 Å².